The number of unbranched alkanes of at least 4 members (excludes halogenated alkanes) is 18. The van der Waals surface area contributed by atoms with Crippen molar-refractivity contribution in [2.24, 2.45) is 0 Å². The molecular weight excluding hydrogens is 615 g/mol. The van der Waals surface area contributed by atoms with E-state index in [-0.39, 0.29) is 19.4 Å². The fourth-order valence-corrected chi connectivity index (χ4v) is 5.40. The van der Waals surface area contributed by atoms with Crippen LogP contribution in [0.4, 0.5) is 0 Å². The summed E-state index contributed by atoms with van der Waals surface area (Å²) in [7, 11) is -4.75. The molecule has 0 bridgehead atoms. The van der Waals surface area contributed by atoms with Crippen molar-refractivity contribution in [2.75, 3.05) is 13.2 Å². The third-order valence-electron chi connectivity index (χ3n) is 7.88. The van der Waals surface area contributed by atoms with E-state index in [2.05, 4.69) is 54.8 Å². The molecule has 8 nitrogen and oxygen atoms in total. The molecule has 0 spiro atoms. The van der Waals surface area contributed by atoms with Crippen LogP contribution in [0.5, 0.6) is 0 Å². The van der Waals surface area contributed by atoms with E-state index in [0.717, 1.165) is 70.6 Å². The first kappa shape index (κ1) is 45.3. The van der Waals surface area contributed by atoms with E-state index in [1.54, 1.807) is 0 Å². The Morgan fingerprint density at radius 3 is 1.47 bits per heavy atom. The number of esters is 2. The van der Waals surface area contributed by atoms with Crippen LogP contribution in [0.2, 0.25) is 0 Å². The second kappa shape index (κ2) is 34.1. The summed E-state index contributed by atoms with van der Waals surface area (Å²) in [5.41, 5.74) is 0. The van der Waals surface area contributed by atoms with Gasteiger partial charge in [0, 0.05) is 12.8 Å². The summed E-state index contributed by atoms with van der Waals surface area (Å²) in [6.45, 7) is 3.62. The molecule has 0 saturated carbocycles. The average molecular weight is 685 g/mol. The Kier molecular flexibility index (Phi) is 32.9. The van der Waals surface area contributed by atoms with E-state index in [1.807, 2.05) is 0 Å². The summed E-state index contributed by atoms with van der Waals surface area (Å²) in [4.78, 5) is 42.7. The number of allylic oxidation sites excluding steroid dienone is 6. The smallest absolute Gasteiger partial charge is 0.462 e. The minimum absolute atomic E-state index is 0.199. The zero-order valence-corrected chi connectivity index (χ0v) is 30.8. The van der Waals surface area contributed by atoms with Gasteiger partial charge in [-0.05, 0) is 70.6 Å². The van der Waals surface area contributed by atoms with Gasteiger partial charge >= 0.3 is 19.8 Å². The van der Waals surface area contributed by atoms with Crippen molar-refractivity contribution in [3.63, 3.8) is 0 Å². The van der Waals surface area contributed by atoms with Gasteiger partial charge in [-0.3, -0.25) is 14.1 Å². The third kappa shape index (κ3) is 36.9. The minimum atomic E-state index is -4.75. The lowest BCUT2D eigenvalue weighted by Crippen LogP contribution is -2.29. The number of ether oxygens (including phenoxy) is 2. The molecule has 1 atom stereocenters. The van der Waals surface area contributed by atoms with E-state index in [9.17, 15) is 14.2 Å². The fourth-order valence-electron chi connectivity index (χ4n) is 5.04. The Balaban J connectivity index is 4.01. The van der Waals surface area contributed by atoms with Gasteiger partial charge in [0.15, 0.2) is 6.10 Å². The van der Waals surface area contributed by atoms with Crippen LogP contribution >= 0.6 is 7.82 Å². The molecule has 0 unspecified atom stereocenters. The van der Waals surface area contributed by atoms with E-state index in [4.69, 9.17) is 19.3 Å². The highest BCUT2D eigenvalue weighted by Crippen LogP contribution is 2.36. The zero-order chi connectivity index (χ0) is 34.7. The molecule has 274 valence electrons. The molecule has 9 heteroatoms. The second-order valence-electron chi connectivity index (χ2n) is 12.5. The molecule has 0 fully saturated rings. The van der Waals surface area contributed by atoms with Gasteiger partial charge in [-0.2, -0.15) is 0 Å². The number of rotatable bonds is 34. The van der Waals surface area contributed by atoms with Gasteiger partial charge in [-0.15, -0.1) is 0 Å². The Morgan fingerprint density at radius 2 is 0.957 bits per heavy atom. The van der Waals surface area contributed by atoms with Gasteiger partial charge in [0.2, 0.25) is 0 Å². The lowest BCUT2D eigenvalue weighted by atomic mass is 10.1. The van der Waals surface area contributed by atoms with Crippen LogP contribution in [-0.2, 0) is 28.2 Å². The van der Waals surface area contributed by atoms with Crippen molar-refractivity contribution in [3.8, 4) is 0 Å². The normalized spacial score (nSPS) is 12.9. The molecule has 0 aromatic rings. The molecule has 0 heterocycles. The van der Waals surface area contributed by atoms with Crippen molar-refractivity contribution in [2.45, 2.75) is 180 Å². The molecule has 0 aliphatic carbocycles. The summed E-state index contributed by atoms with van der Waals surface area (Å²) in [6, 6.07) is 0. The highest BCUT2D eigenvalue weighted by Gasteiger charge is 2.22. The molecule has 47 heavy (non-hydrogen) atoms. The first-order chi connectivity index (χ1) is 22.8. The molecule has 0 radical (unpaired) electrons. The van der Waals surface area contributed by atoms with Gasteiger partial charge < -0.3 is 19.3 Å². The summed E-state index contributed by atoms with van der Waals surface area (Å²) >= 11 is 0. The molecule has 0 rings (SSSR count). The summed E-state index contributed by atoms with van der Waals surface area (Å²) < 4.78 is 26.3. The lowest BCUT2D eigenvalue weighted by Gasteiger charge is -2.18. The Hall–Kier alpha value is -1.73. The largest absolute Gasteiger partial charge is 0.469 e. The monoisotopic (exact) mass is 684 g/mol. The maximum atomic E-state index is 12.3. The minimum Gasteiger partial charge on any atom is -0.462 e. The molecule has 0 aromatic carbocycles. The standard InChI is InChI=1S/C38H69O8P/c1-3-5-7-9-11-13-15-17-19-21-22-24-26-28-30-32-37(39)44-34-36(35-45-47(41,42)43)46-38(40)33-31-29-27-25-23-20-18-16-14-12-10-8-6-4-2/h11,13,16-19,36H,3-10,12,14-15,20-35H2,1-2H3,(H2,41,42,43)/b13-11-,18-16-,19-17-/t36-/m1/s1. The number of hydrogen-bond acceptors (Lipinski definition) is 6. The van der Waals surface area contributed by atoms with Gasteiger partial charge in [-0.25, -0.2) is 4.57 Å². The molecule has 2 N–H and O–H groups in total. The lowest BCUT2D eigenvalue weighted by molar-refractivity contribution is -0.161. The van der Waals surface area contributed by atoms with Gasteiger partial charge in [-0.1, -0.05) is 127 Å². The van der Waals surface area contributed by atoms with Crippen LogP contribution in [0.3, 0.4) is 0 Å². The van der Waals surface area contributed by atoms with Gasteiger partial charge in [0.1, 0.15) is 6.61 Å². The van der Waals surface area contributed by atoms with Gasteiger partial charge in [0.05, 0.1) is 6.61 Å². The second-order valence-corrected chi connectivity index (χ2v) is 13.8. The number of hydrogen-bond donors (Lipinski definition) is 2. The molecule has 0 aromatic heterocycles. The topological polar surface area (TPSA) is 119 Å². The maximum absolute atomic E-state index is 12.3. The van der Waals surface area contributed by atoms with Crippen molar-refractivity contribution in [1.29, 1.82) is 0 Å². The number of phosphoric ester groups is 1. The summed E-state index contributed by atoms with van der Waals surface area (Å²) in [5, 5.41) is 0. The van der Waals surface area contributed by atoms with Crippen molar-refractivity contribution in [3.05, 3.63) is 36.5 Å². The quantitative estimate of drug-likeness (QED) is 0.0297. The maximum Gasteiger partial charge on any atom is 0.469 e. The van der Waals surface area contributed by atoms with Crippen LogP contribution < -0.4 is 0 Å². The number of carbonyl (C=O) groups is 2. The van der Waals surface area contributed by atoms with E-state index < -0.39 is 32.5 Å². The third-order valence-corrected chi connectivity index (χ3v) is 8.37. The van der Waals surface area contributed by atoms with Crippen LogP contribution in [0.25, 0.3) is 0 Å². The van der Waals surface area contributed by atoms with E-state index >= 15 is 0 Å². The van der Waals surface area contributed by atoms with Crippen LogP contribution in [-0.4, -0.2) is 41.0 Å². The molecule has 0 saturated heterocycles. The Morgan fingerprint density at radius 1 is 0.553 bits per heavy atom. The molecule has 0 amide bonds. The van der Waals surface area contributed by atoms with E-state index in [0.29, 0.717) is 12.8 Å². The van der Waals surface area contributed by atoms with Crippen LogP contribution in [0.1, 0.15) is 174 Å². The molecule has 0 aliphatic heterocycles. The SMILES string of the molecule is CCCCC/C=C\C/C=C\CCCCCCCC(=O)OC[C@H](COP(=O)(O)O)OC(=O)CCCCCCC/C=C\CCCCCCC. The molecular formula is C38H69O8P. The Labute approximate surface area is 287 Å². The van der Waals surface area contributed by atoms with Crippen LogP contribution in [0, 0.1) is 0 Å². The summed E-state index contributed by atoms with van der Waals surface area (Å²) in [6.07, 6.45) is 38.6. The predicted molar refractivity (Wildman–Crippen MR) is 193 cm³/mol. The van der Waals surface area contributed by atoms with Crippen molar-refractivity contribution < 1.29 is 37.9 Å². The number of phosphoric acid groups is 1. The highest BCUT2D eigenvalue weighted by atomic mass is 31.2. The number of carbonyl (C=O) groups excluding carboxylic acids is 2. The predicted octanol–water partition coefficient (Wildman–Crippen LogP) is 11.0. The average Bonchev–Trinajstić information content (AvgIpc) is 3.03. The van der Waals surface area contributed by atoms with Gasteiger partial charge in [0.25, 0.3) is 0 Å². The molecule has 0 aliphatic rings. The highest BCUT2D eigenvalue weighted by molar-refractivity contribution is 7.46. The first-order valence-corrected chi connectivity index (χ1v) is 20.3. The van der Waals surface area contributed by atoms with Crippen molar-refractivity contribution in [1.82, 2.24) is 0 Å². The first-order valence-electron chi connectivity index (χ1n) is 18.8. The van der Waals surface area contributed by atoms with E-state index in [1.165, 1.54) is 64.2 Å². The Bertz CT molecular complexity index is 864. The van der Waals surface area contributed by atoms with Crippen LogP contribution in [0.15, 0.2) is 36.5 Å². The van der Waals surface area contributed by atoms with Crippen molar-refractivity contribution >= 4 is 19.8 Å². The zero-order valence-electron chi connectivity index (χ0n) is 29.9. The summed E-state index contributed by atoms with van der Waals surface area (Å²) in [5.74, 6) is -0.911. The fraction of sp³-hybridized carbons (Fsp3) is 0.789.